The maximum atomic E-state index is 8.86. The molecule has 5 heteroatoms. The van der Waals surface area contributed by atoms with Crippen LogP contribution in [0.15, 0.2) is 34.5 Å². The van der Waals surface area contributed by atoms with E-state index < -0.39 is 0 Å². The van der Waals surface area contributed by atoms with Crippen molar-refractivity contribution in [1.29, 1.82) is 0 Å². The highest BCUT2D eigenvalue weighted by atomic mass is 35.5. The molecule has 4 nitrogen and oxygen atoms in total. The Morgan fingerprint density at radius 2 is 1.71 bits per heavy atom. The van der Waals surface area contributed by atoms with Crippen LogP contribution in [0.25, 0.3) is 0 Å². The highest BCUT2D eigenvalue weighted by Gasteiger charge is 2.15. The van der Waals surface area contributed by atoms with Crippen molar-refractivity contribution in [3.8, 4) is 0 Å². The molecule has 0 spiro atoms. The van der Waals surface area contributed by atoms with Gasteiger partial charge in [-0.1, -0.05) is 16.8 Å². The molecule has 1 fully saturated rings. The Balaban J connectivity index is 2.06. The van der Waals surface area contributed by atoms with Gasteiger partial charge in [-0.25, -0.2) is 0 Å². The van der Waals surface area contributed by atoms with Gasteiger partial charge in [0, 0.05) is 5.02 Å². The highest BCUT2D eigenvalue weighted by Crippen LogP contribution is 2.16. The van der Waals surface area contributed by atoms with Crippen LogP contribution in [0.2, 0.25) is 5.02 Å². The highest BCUT2D eigenvalue weighted by molar-refractivity contribution is 6.42. The molecule has 0 aromatic heterocycles. The lowest BCUT2D eigenvalue weighted by atomic mass is 9.96. The molecule has 0 unspecified atom stereocenters. The third-order valence-corrected chi connectivity index (χ3v) is 2.95. The second-order valence-electron chi connectivity index (χ2n) is 3.93. The summed E-state index contributed by atoms with van der Waals surface area (Å²) in [4.78, 5) is 0. The molecule has 0 bridgehead atoms. The fraction of sp³-hybridized carbons (Fsp3) is 0.333. The number of oxime groups is 1. The number of benzene rings is 1. The van der Waals surface area contributed by atoms with Gasteiger partial charge in [-0.3, -0.25) is 5.43 Å². The number of anilines is 1. The fourth-order valence-electron chi connectivity index (χ4n) is 1.76. The summed E-state index contributed by atoms with van der Waals surface area (Å²) in [5.74, 6) is 0. The van der Waals surface area contributed by atoms with Gasteiger partial charge in [0.15, 0.2) is 0 Å². The Bertz CT molecular complexity index is 440. The van der Waals surface area contributed by atoms with Crippen molar-refractivity contribution in [2.45, 2.75) is 25.7 Å². The zero-order chi connectivity index (χ0) is 12.1. The standard InChI is InChI=1S/C12H14ClN3O/c13-9-5-7-10(8-6-9)14-15-11-3-1-2-4-12(11)16-17/h5-8,14,17H,1-4H2. The number of hydrazone groups is 1. The van der Waals surface area contributed by atoms with Crippen molar-refractivity contribution in [3.05, 3.63) is 29.3 Å². The van der Waals surface area contributed by atoms with Gasteiger partial charge >= 0.3 is 0 Å². The van der Waals surface area contributed by atoms with Crippen molar-refractivity contribution in [2.24, 2.45) is 10.3 Å². The summed E-state index contributed by atoms with van der Waals surface area (Å²) in [6.45, 7) is 0. The van der Waals surface area contributed by atoms with Gasteiger partial charge in [-0.05, 0) is 49.9 Å². The van der Waals surface area contributed by atoms with E-state index in [1.165, 1.54) is 0 Å². The molecule has 0 atom stereocenters. The molecule has 0 radical (unpaired) electrons. The third kappa shape index (κ3) is 3.20. The molecule has 0 aliphatic heterocycles. The predicted molar refractivity (Wildman–Crippen MR) is 70.2 cm³/mol. The number of hydrogen-bond donors (Lipinski definition) is 2. The molecule has 1 aliphatic rings. The van der Waals surface area contributed by atoms with Crippen molar-refractivity contribution >= 4 is 28.7 Å². The normalized spacial score (nSPS) is 20.8. The van der Waals surface area contributed by atoms with Crippen LogP contribution >= 0.6 is 11.6 Å². The van der Waals surface area contributed by atoms with Gasteiger partial charge in [0.2, 0.25) is 0 Å². The molecule has 2 N–H and O–H groups in total. The van der Waals surface area contributed by atoms with Gasteiger partial charge in [-0.15, -0.1) is 0 Å². The second-order valence-corrected chi connectivity index (χ2v) is 4.37. The quantitative estimate of drug-likeness (QED) is 0.624. The SMILES string of the molecule is ON=C1CCCCC1=NNc1ccc(Cl)cc1. The van der Waals surface area contributed by atoms with E-state index in [9.17, 15) is 0 Å². The zero-order valence-corrected chi connectivity index (χ0v) is 10.1. The summed E-state index contributed by atoms with van der Waals surface area (Å²) >= 11 is 5.79. The lowest BCUT2D eigenvalue weighted by molar-refractivity contribution is 0.318. The van der Waals surface area contributed by atoms with Crippen molar-refractivity contribution in [1.82, 2.24) is 0 Å². The Hall–Kier alpha value is -1.55. The first-order valence-corrected chi connectivity index (χ1v) is 5.97. The monoisotopic (exact) mass is 251 g/mol. The Morgan fingerprint density at radius 1 is 1.06 bits per heavy atom. The van der Waals surface area contributed by atoms with Gasteiger partial charge in [-0.2, -0.15) is 5.10 Å². The Morgan fingerprint density at radius 3 is 2.35 bits per heavy atom. The maximum absolute atomic E-state index is 8.86. The lowest BCUT2D eigenvalue weighted by Gasteiger charge is -2.14. The number of hydrogen-bond acceptors (Lipinski definition) is 4. The molecule has 2 rings (SSSR count). The molecular formula is C12H14ClN3O. The summed E-state index contributed by atoms with van der Waals surface area (Å²) in [6.07, 6.45) is 3.77. The Labute approximate surface area is 105 Å². The molecule has 90 valence electrons. The van der Waals surface area contributed by atoms with E-state index in [0.29, 0.717) is 10.7 Å². The second kappa shape index (κ2) is 5.68. The predicted octanol–water partition coefficient (Wildman–Crippen LogP) is 3.51. The lowest BCUT2D eigenvalue weighted by Crippen LogP contribution is -2.20. The molecule has 1 aromatic rings. The zero-order valence-electron chi connectivity index (χ0n) is 9.36. The molecule has 0 heterocycles. The van der Waals surface area contributed by atoms with Crippen LogP contribution in [-0.2, 0) is 0 Å². The van der Waals surface area contributed by atoms with Crippen LogP contribution in [0.1, 0.15) is 25.7 Å². The number of halogens is 1. The smallest absolute Gasteiger partial charge is 0.103 e. The molecule has 1 saturated carbocycles. The third-order valence-electron chi connectivity index (χ3n) is 2.70. The average molecular weight is 252 g/mol. The number of rotatable bonds is 2. The molecule has 1 aliphatic carbocycles. The van der Waals surface area contributed by atoms with E-state index in [1.54, 1.807) is 12.1 Å². The summed E-state index contributed by atoms with van der Waals surface area (Å²) in [5, 5.41) is 17.1. The maximum Gasteiger partial charge on any atom is 0.103 e. The largest absolute Gasteiger partial charge is 0.411 e. The summed E-state index contributed by atoms with van der Waals surface area (Å²) in [6, 6.07) is 7.30. The van der Waals surface area contributed by atoms with Crippen LogP contribution in [0.5, 0.6) is 0 Å². The van der Waals surface area contributed by atoms with E-state index in [-0.39, 0.29) is 0 Å². The topological polar surface area (TPSA) is 57.0 Å². The first kappa shape index (κ1) is 11.9. The van der Waals surface area contributed by atoms with Gasteiger partial charge in [0.25, 0.3) is 0 Å². The first-order chi connectivity index (χ1) is 8.29. The van der Waals surface area contributed by atoms with Crippen molar-refractivity contribution in [3.63, 3.8) is 0 Å². The fourth-order valence-corrected chi connectivity index (χ4v) is 1.88. The van der Waals surface area contributed by atoms with Crippen LogP contribution in [0, 0.1) is 0 Å². The van der Waals surface area contributed by atoms with Gasteiger partial charge < -0.3 is 5.21 Å². The van der Waals surface area contributed by atoms with Crippen molar-refractivity contribution < 1.29 is 5.21 Å². The minimum atomic E-state index is 0.678. The summed E-state index contributed by atoms with van der Waals surface area (Å²) in [5.41, 5.74) is 5.31. The van der Waals surface area contributed by atoms with E-state index in [4.69, 9.17) is 16.8 Å². The van der Waals surface area contributed by atoms with E-state index in [1.807, 2.05) is 12.1 Å². The van der Waals surface area contributed by atoms with Gasteiger partial charge in [0.1, 0.15) is 5.71 Å². The van der Waals surface area contributed by atoms with E-state index in [2.05, 4.69) is 15.7 Å². The van der Waals surface area contributed by atoms with Crippen LogP contribution in [0.4, 0.5) is 5.69 Å². The summed E-state index contributed by atoms with van der Waals surface area (Å²) in [7, 11) is 0. The Kier molecular flexibility index (Phi) is 3.98. The summed E-state index contributed by atoms with van der Waals surface area (Å²) < 4.78 is 0. The number of nitrogens with zero attached hydrogens (tertiary/aromatic N) is 2. The van der Waals surface area contributed by atoms with Crippen molar-refractivity contribution in [2.75, 3.05) is 5.43 Å². The van der Waals surface area contributed by atoms with E-state index >= 15 is 0 Å². The molecule has 0 saturated heterocycles. The van der Waals surface area contributed by atoms with Crippen LogP contribution in [0.3, 0.4) is 0 Å². The van der Waals surface area contributed by atoms with Crippen LogP contribution in [-0.4, -0.2) is 16.6 Å². The molecular weight excluding hydrogens is 238 g/mol. The molecule has 17 heavy (non-hydrogen) atoms. The average Bonchev–Trinajstić information content (AvgIpc) is 2.38. The van der Waals surface area contributed by atoms with E-state index in [0.717, 1.165) is 37.1 Å². The number of nitrogens with one attached hydrogen (secondary N) is 1. The molecule has 1 aromatic carbocycles. The van der Waals surface area contributed by atoms with Gasteiger partial charge in [0.05, 0.1) is 11.4 Å². The minimum Gasteiger partial charge on any atom is -0.411 e. The molecule has 0 amide bonds. The first-order valence-electron chi connectivity index (χ1n) is 5.59. The van der Waals surface area contributed by atoms with Crippen LogP contribution < -0.4 is 5.43 Å². The minimum absolute atomic E-state index is 0.678.